The van der Waals surface area contributed by atoms with Crippen molar-refractivity contribution in [2.75, 3.05) is 13.7 Å². The van der Waals surface area contributed by atoms with E-state index in [1.807, 2.05) is 49.4 Å². The normalized spacial score (nSPS) is 12.1. The molecule has 1 heterocycles. The van der Waals surface area contributed by atoms with E-state index < -0.39 is 0 Å². The van der Waals surface area contributed by atoms with Gasteiger partial charge in [-0.2, -0.15) is 4.68 Å². The third kappa shape index (κ3) is 4.35. The second-order valence-corrected chi connectivity index (χ2v) is 6.23. The Morgan fingerprint density at radius 3 is 2.60 bits per heavy atom. The lowest BCUT2D eigenvalue weighted by atomic mass is 10.2. The first-order valence-corrected chi connectivity index (χ1v) is 8.73. The molecule has 25 heavy (non-hydrogen) atoms. The van der Waals surface area contributed by atoms with Gasteiger partial charge in [0.15, 0.2) is 6.67 Å². The van der Waals surface area contributed by atoms with Gasteiger partial charge >= 0.3 is 0 Å². The first-order chi connectivity index (χ1) is 12.2. The summed E-state index contributed by atoms with van der Waals surface area (Å²) in [6.07, 6.45) is 0. The average molecular weight is 356 g/mol. The molecule has 0 saturated carbocycles. The van der Waals surface area contributed by atoms with Crippen LogP contribution in [0.4, 0.5) is 0 Å². The molecule has 0 aliphatic rings. The number of benzene rings is 2. The van der Waals surface area contributed by atoms with Crippen LogP contribution in [0.25, 0.3) is 11.5 Å². The summed E-state index contributed by atoms with van der Waals surface area (Å²) in [7, 11) is 2.11. The van der Waals surface area contributed by atoms with E-state index in [9.17, 15) is 0 Å². The van der Waals surface area contributed by atoms with Crippen molar-refractivity contribution >= 4 is 12.2 Å². The van der Waals surface area contributed by atoms with E-state index in [2.05, 4.69) is 24.3 Å². The molecule has 0 bridgehead atoms. The lowest BCUT2D eigenvalue weighted by Gasteiger charge is -2.13. The fraction of sp³-hybridized carbons (Fsp3) is 0.263. The Bertz CT molecular complexity index is 874. The zero-order chi connectivity index (χ0) is 17.6. The van der Waals surface area contributed by atoms with Gasteiger partial charge in [-0.1, -0.05) is 42.5 Å². The Morgan fingerprint density at radius 1 is 1.12 bits per heavy atom. The average Bonchev–Trinajstić information content (AvgIpc) is 2.97. The SMILES string of the molecule is CCOc1ccccc1-c1nn(C[NH+](C)Cc2ccccc2)c(=S)o1. The number of ether oxygens (including phenoxy) is 1. The largest absolute Gasteiger partial charge is 0.493 e. The minimum Gasteiger partial charge on any atom is -0.493 e. The van der Waals surface area contributed by atoms with E-state index in [1.165, 1.54) is 10.5 Å². The van der Waals surface area contributed by atoms with Gasteiger partial charge in [-0.3, -0.25) is 0 Å². The molecule has 1 aromatic heterocycles. The number of hydrogen-bond acceptors (Lipinski definition) is 4. The highest BCUT2D eigenvalue weighted by Crippen LogP contribution is 2.28. The predicted octanol–water partition coefficient (Wildman–Crippen LogP) is 2.94. The van der Waals surface area contributed by atoms with Crippen LogP contribution in [-0.4, -0.2) is 23.4 Å². The maximum Gasteiger partial charge on any atom is 0.292 e. The number of nitrogens with one attached hydrogen (secondary N) is 1. The molecule has 0 spiro atoms. The molecule has 0 saturated heterocycles. The minimum absolute atomic E-state index is 0.369. The van der Waals surface area contributed by atoms with Crippen LogP contribution in [0.3, 0.4) is 0 Å². The van der Waals surface area contributed by atoms with E-state index >= 15 is 0 Å². The van der Waals surface area contributed by atoms with Crippen LogP contribution < -0.4 is 9.64 Å². The first kappa shape index (κ1) is 17.4. The van der Waals surface area contributed by atoms with Crippen molar-refractivity contribution < 1.29 is 14.1 Å². The van der Waals surface area contributed by atoms with Gasteiger partial charge in [0.05, 0.1) is 19.2 Å². The van der Waals surface area contributed by atoms with Crippen LogP contribution in [-0.2, 0) is 13.2 Å². The quantitative estimate of drug-likeness (QED) is 0.661. The van der Waals surface area contributed by atoms with Crippen LogP contribution in [0.1, 0.15) is 12.5 Å². The molecule has 0 aliphatic heterocycles. The molecular formula is C19H22N3O2S+. The number of quaternary nitrogens is 1. The van der Waals surface area contributed by atoms with Crippen molar-refractivity contribution in [1.29, 1.82) is 0 Å². The Hall–Kier alpha value is -2.44. The summed E-state index contributed by atoms with van der Waals surface area (Å²) in [5.41, 5.74) is 2.09. The second-order valence-electron chi connectivity index (χ2n) is 5.88. The molecule has 1 unspecified atom stereocenters. The highest BCUT2D eigenvalue weighted by Gasteiger charge is 2.15. The summed E-state index contributed by atoms with van der Waals surface area (Å²) in [6.45, 7) is 4.06. The van der Waals surface area contributed by atoms with Gasteiger partial charge in [-0.15, -0.1) is 5.10 Å². The predicted molar refractivity (Wildman–Crippen MR) is 99.0 cm³/mol. The van der Waals surface area contributed by atoms with Crippen molar-refractivity contribution in [1.82, 2.24) is 9.78 Å². The summed E-state index contributed by atoms with van der Waals surface area (Å²) < 4.78 is 13.1. The molecule has 3 rings (SSSR count). The number of para-hydroxylation sites is 1. The number of aromatic nitrogens is 2. The summed E-state index contributed by atoms with van der Waals surface area (Å²) in [4.78, 5) is 1.63. The van der Waals surface area contributed by atoms with Gasteiger partial charge in [-0.25, -0.2) is 0 Å². The highest BCUT2D eigenvalue weighted by molar-refractivity contribution is 7.71. The van der Waals surface area contributed by atoms with Gasteiger partial charge in [0.25, 0.3) is 10.7 Å². The van der Waals surface area contributed by atoms with Crippen molar-refractivity contribution in [3.05, 3.63) is 65.0 Å². The van der Waals surface area contributed by atoms with Crippen molar-refractivity contribution in [3.8, 4) is 17.2 Å². The number of hydrogen-bond donors (Lipinski definition) is 1. The summed E-state index contributed by atoms with van der Waals surface area (Å²) >= 11 is 5.34. The van der Waals surface area contributed by atoms with Gasteiger partial charge in [0, 0.05) is 5.56 Å². The molecule has 0 aliphatic carbocycles. The van der Waals surface area contributed by atoms with Gasteiger partial charge in [-0.05, 0) is 31.3 Å². The minimum atomic E-state index is 0.369. The smallest absolute Gasteiger partial charge is 0.292 e. The summed E-state index contributed by atoms with van der Waals surface area (Å²) in [5, 5.41) is 4.55. The monoisotopic (exact) mass is 356 g/mol. The van der Waals surface area contributed by atoms with E-state index in [1.54, 1.807) is 4.68 Å². The first-order valence-electron chi connectivity index (χ1n) is 8.32. The van der Waals surface area contributed by atoms with Gasteiger partial charge < -0.3 is 14.1 Å². The molecule has 2 aromatic carbocycles. The van der Waals surface area contributed by atoms with E-state index in [0.29, 0.717) is 24.0 Å². The molecule has 5 nitrogen and oxygen atoms in total. The molecule has 6 heteroatoms. The molecule has 1 N–H and O–H groups in total. The van der Waals surface area contributed by atoms with Crippen molar-refractivity contribution in [3.63, 3.8) is 0 Å². The summed E-state index contributed by atoms with van der Waals surface area (Å²) in [5.74, 6) is 1.24. The topological polar surface area (TPSA) is 44.6 Å². The summed E-state index contributed by atoms with van der Waals surface area (Å²) in [6, 6.07) is 18.1. The zero-order valence-corrected chi connectivity index (χ0v) is 15.3. The Kier molecular flexibility index (Phi) is 5.63. The van der Waals surface area contributed by atoms with Crippen LogP contribution in [0.2, 0.25) is 0 Å². The fourth-order valence-corrected chi connectivity index (χ4v) is 2.88. The zero-order valence-electron chi connectivity index (χ0n) is 14.4. The van der Waals surface area contributed by atoms with Gasteiger partial charge in [0.2, 0.25) is 0 Å². The van der Waals surface area contributed by atoms with Crippen LogP contribution in [0.15, 0.2) is 59.0 Å². The van der Waals surface area contributed by atoms with E-state index in [-0.39, 0.29) is 0 Å². The second kappa shape index (κ2) is 8.09. The van der Waals surface area contributed by atoms with Gasteiger partial charge in [0.1, 0.15) is 12.3 Å². The van der Waals surface area contributed by atoms with Crippen LogP contribution in [0, 0.1) is 4.84 Å². The Morgan fingerprint density at radius 2 is 1.84 bits per heavy atom. The number of rotatable bonds is 7. The molecule has 130 valence electrons. The van der Waals surface area contributed by atoms with Crippen molar-refractivity contribution in [2.24, 2.45) is 0 Å². The van der Waals surface area contributed by atoms with Crippen LogP contribution >= 0.6 is 12.2 Å². The van der Waals surface area contributed by atoms with E-state index in [0.717, 1.165) is 17.9 Å². The lowest BCUT2D eigenvalue weighted by molar-refractivity contribution is -0.917. The van der Waals surface area contributed by atoms with E-state index in [4.69, 9.17) is 21.4 Å². The maximum atomic E-state index is 5.71. The molecule has 1 atom stereocenters. The molecule has 0 fully saturated rings. The maximum absolute atomic E-state index is 5.71. The Balaban J connectivity index is 1.78. The number of nitrogens with zero attached hydrogens (tertiary/aromatic N) is 2. The van der Waals surface area contributed by atoms with Crippen molar-refractivity contribution in [2.45, 2.75) is 20.1 Å². The molecule has 3 aromatic rings. The lowest BCUT2D eigenvalue weighted by Crippen LogP contribution is -3.07. The third-order valence-electron chi connectivity index (χ3n) is 3.79. The Labute approximate surface area is 152 Å². The molecular weight excluding hydrogens is 334 g/mol. The molecule has 0 radical (unpaired) electrons. The third-order valence-corrected chi connectivity index (χ3v) is 4.09. The van der Waals surface area contributed by atoms with Crippen LogP contribution in [0.5, 0.6) is 5.75 Å². The highest BCUT2D eigenvalue weighted by atomic mass is 32.1. The standard InChI is InChI=1S/C19H21N3O2S/c1-3-23-17-12-8-7-11-16(17)18-20-22(19(25)24-18)14-21(2)13-15-9-5-4-6-10-15/h4-12H,3,13-14H2,1-2H3/p+1. The molecule has 0 amide bonds. The fourth-order valence-electron chi connectivity index (χ4n) is 2.70.